The fraction of sp³-hybridized carbons (Fsp3) is 0.538. The number of anilines is 1. The molecule has 1 fully saturated rings. The van der Waals surface area contributed by atoms with Gasteiger partial charge in [-0.3, -0.25) is 14.6 Å². The zero-order valence-corrected chi connectivity index (χ0v) is 20.7. The van der Waals surface area contributed by atoms with Crippen molar-refractivity contribution in [1.29, 1.82) is 0 Å². The number of nitrogens with one attached hydrogen (secondary N) is 1. The van der Waals surface area contributed by atoms with Gasteiger partial charge in [0.1, 0.15) is 5.00 Å². The topological polar surface area (TPSA) is 61.9 Å². The van der Waals surface area contributed by atoms with Crippen LogP contribution in [0.25, 0.3) is 0 Å². The first kappa shape index (κ1) is 23.9. The van der Waals surface area contributed by atoms with Gasteiger partial charge >= 0.3 is 5.97 Å². The van der Waals surface area contributed by atoms with E-state index in [1.165, 1.54) is 10.4 Å². The maximum Gasteiger partial charge on any atom is 0.341 e. The van der Waals surface area contributed by atoms with E-state index in [1.807, 2.05) is 19.9 Å². The van der Waals surface area contributed by atoms with Crippen molar-refractivity contribution in [3.8, 4) is 0 Å². The third-order valence-corrected chi connectivity index (χ3v) is 7.98. The van der Waals surface area contributed by atoms with Crippen LogP contribution in [0.2, 0.25) is 0 Å². The molecular formula is C26H35N3O3S. The molecule has 0 radical (unpaired) electrons. The van der Waals surface area contributed by atoms with Crippen LogP contribution in [0.5, 0.6) is 0 Å². The van der Waals surface area contributed by atoms with E-state index in [2.05, 4.69) is 46.3 Å². The van der Waals surface area contributed by atoms with Crippen molar-refractivity contribution in [3.05, 3.63) is 51.9 Å². The highest BCUT2D eigenvalue weighted by Gasteiger charge is 2.31. The third-order valence-electron chi connectivity index (χ3n) is 6.81. The number of carbonyl (C=O) groups is 2. The van der Waals surface area contributed by atoms with Crippen LogP contribution < -0.4 is 5.32 Å². The lowest BCUT2D eigenvalue weighted by molar-refractivity contribution is -0.121. The zero-order valence-electron chi connectivity index (χ0n) is 19.9. The van der Waals surface area contributed by atoms with E-state index in [1.54, 1.807) is 11.3 Å². The Kier molecular flexibility index (Phi) is 7.83. The maximum atomic E-state index is 13.2. The summed E-state index contributed by atoms with van der Waals surface area (Å²) in [6.07, 6.45) is 2.89. The summed E-state index contributed by atoms with van der Waals surface area (Å²) in [4.78, 5) is 31.8. The van der Waals surface area contributed by atoms with E-state index in [0.717, 1.165) is 57.5 Å². The Morgan fingerprint density at radius 2 is 1.91 bits per heavy atom. The molecule has 6 nitrogen and oxygen atoms in total. The molecule has 1 N–H and O–H groups in total. The Hall–Kier alpha value is -2.22. The number of hydrogen-bond acceptors (Lipinski definition) is 6. The van der Waals surface area contributed by atoms with Gasteiger partial charge in [-0.2, -0.15) is 0 Å². The van der Waals surface area contributed by atoms with Crippen LogP contribution >= 0.6 is 11.3 Å². The van der Waals surface area contributed by atoms with Gasteiger partial charge in [0.25, 0.3) is 0 Å². The van der Waals surface area contributed by atoms with Gasteiger partial charge in [-0.15, -0.1) is 11.3 Å². The number of benzene rings is 1. The molecule has 0 saturated carbocycles. The Morgan fingerprint density at radius 1 is 1.18 bits per heavy atom. The van der Waals surface area contributed by atoms with E-state index < -0.39 is 0 Å². The Labute approximate surface area is 200 Å². The molecule has 1 aromatic carbocycles. The first-order valence-corrected chi connectivity index (χ1v) is 12.9. The molecule has 0 unspecified atom stereocenters. The smallest absolute Gasteiger partial charge is 0.341 e. The molecule has 1 amide bonds. The molecule has 0 spiro atoms. The number of rotatable bonds is 7. The summed E-state index contributed by atoms with van der Waals surface area (Å²) in [7, 11) is 0. The summed E-state index contributed by atoms with van der Waals surface area (Å²) in [5, 5.41) is 3.75. The van der Waals surface area contributed by atoms with Crippen LogP contribution in [0.15, 0.2) is 30.3 Å². The Balaban J connectivity index is 1.39. The highest BCUT2D eigenvalue weighted by Crippen LogP contribution is 2.40. The number of fused-ring (bicyclic) bond motifs is 1. The van der Waals surface area contributed by atoms with Crippen molar-refractivity contribution in [2.45, 2.75) is 52.6 Å². The molecule has 7 heteroatoms. The average molecular weight is 470 g/mol. The maximum absolute atomic E-state index is 13.2. The number of amides is 1. The van der Waals surface area contributed by atoms with Crippen molar-refractivity contribution in [3.63, 3.8) is 0 Å². The quantitative estimate of drug-likeness (QED) is 0.616. The molecule has 4 rings (SSSR count). The van der Waals surface area contributed by atoms with Gasteiger partial charge in [-0.1, -0.05) is 37.3 Å². The summed E-state index contributed by atoms with van der Waals surface area (Å²) in [5.74, 6) is 0.228. The fourth-order valence-electron chi connectivity index (χ4n) is 4.79. The van der Waals surface area contributed by atoms with Gasteiger partial charge in [0.15, 0.2) is 0 Å². The molecular weight excluding hydrogens is 434 g/mol. The van der Waals surface area contributed by atoms with Crippen LogP contribution in [0.4, 0.5) is 5.00 Å². The summed E-state index contributed by atoms with van der Waals surface area (Å²) < 4.78 is 5.34. The predicted molar refractivity (Wildman–Crippen MR) is 133 cm³/mol. The minimum Gasteiger partial charge on any atom is -0.462 e. The van der Waals surface area contributed by atoms with E-state index in [-0.39, 0.29) is 17.9 Å². The van der Waals surface area contributed by atoms with Gasteiger partial charge < -0.3 is 10.1 Å². The molecule has 2 aliphatic rings. The molecule has 1 aliphatic heterocycles. The lowest BCUT2D eigenvalue weighted by Gasteiger charge is -2.37. The number of carbonyl (C=O) groups excluding carboxylic acids is 2. The minimum atomic E-state index is -0.318. The average Bonchev–Trinajstić information content (AvgIpc) is 3.16. The van der Waals surface area contributed by atoms with Crippen molar-refractivity contribution >= 4 is 28.2 Å². The molecule has 2 heterocycles. The molecule has 0 bridgehead atoms. The van der Waals surface area contributed by atoms with Crippen molar-refractivity contribution < 1.29 is 14.3 Å². The normalized spacial score (nSPS) is 20.2. The first-order chi connectivity index (χ1) is 16.0. The largest absolute Gasteiger partial charge is 0.462 e. The summed E-state index contributed by atoms with van der Waals surface area (Å²) in [5.41, 5.74) is 2.98. The molecule has 2 atom stereocenters. The standard InChI is InChI=1S/C26H35N3O3S/c1-4-32-26(31)23-21-11-10-18(2)16-22(21)33-25(23)27-24(30)19(3)29-14-12-28(13-15-29)17-20-8-6-5-7-9-20/h5-9,18-19H,4,10-17H2,1-3H3,(H,27,30)/t18-,19+/m1/s1. The molecule has 1 aliphatic carbocycles. The molecule has 1 saturated heterocycles. The molecule has 2 aromatic rings. The second-order valence-electron chi connectivity index (χ2n) is 9.24. The van der Waals surface area contributed by atoms with Gasteiger partial charge in [0, 0.05) is 37.6 Å². The number of thiophene rings is 1. The number of nitrogens with zero attached hydrogens (tertiary/aromatic N) is 2. The summed E-state index contributed by atoms with van der Waals surface area (Å²) >= 11 is 1.55. The van der Waals surface area contributed by atoms with Crippen LogP contribution in [0.1, 0.15) is 53.6 Å². The van der Waals surface area contributed by atoms with Crippen molar-refractivity contribution in [1.82, 2.24) is 9.80 Å². The number of piperazine rings is 1. The number of hydrogen-bond donors (Lipinski definition) is 1. The van der Waals surface area contributed by atoms with Crippen molar-refractivity contribution in [2.75, 3.05) is 38.1 Å². The third kappa shape index (κ3) is 5.65. The van der Waals surface area contributed by atoms with Gasteiger partial charge in [0.05, 0.1) is 18.2 Å². The van der Waals surface area contributed by atoms with Crippen LogP contribution in [-0.2, 0) is 28.9 Å². The van der Waals surface area contributed by atoms with E-state index in [0.29, 0.717) is 23.1 Å². The lowest BCUT2D eigenvalue weighted by Crippen LogP contribution is -2.52. The van der Waals surface area contributed by atoms with Gasteiger partial charge in [-0.25, -0.2) is 4.79 Å². The van der Waals surface area contributed by atoms with Gasteiger partial charge in [0.2, 0.25) is 5.91 Å². The Morgan fingerprint density at radius 3 is 2.61 bits per heavy atom. The van der Waals surface area contributed by atoms with Gasteiger partial charge in [-0.05, 0) is 50.2 Å². The second-order valence-corrected chi connectivity index (χ2v) is 10.3. The number of ether oxygens (including phenoxy) is 1. The zero-order chi connectivity index (χ0) is 23.4. The van der Waals surface area contributed by atoms with E-state index in [4.69, 9.17) is 4.74 Å². The van der Waals surface area contributed by atoms with Crippen molar-refractivity contribution in [2.24, 2.45) is 5.92 Å². The Bertz CT molecular complexity index is 967. The highest BCUT2D eigenvalue weighted by atomic mass is 32.1. The van der Waals surface area contributed by atoms with Crippen LogP contribution in [0, 0.1) is 5.92 Å². The SMILES string of the molecule is CCOC(=O)c1c(NC(=O)[C@H](C)N2CCN(Cc3ccccc3)CC2)sc2c1CC[C@@H](C)C2. The van der Waals surface area contributed by atoms with Crippen LogP contribution in [0.3, 0.4) is 0 Å². The monoisotopic (exact) mass is 469 g/mol. The molecule has 178 valence electrons. The lowest BCUT2D eigenvalue weighted by atomic mass is 9.88. The predicted octanol–water partition coefficient (Wildman–Crippen LogP) is 4.19. The van der Waals surface area contributed by atoms with Crippen LogP contribution in [-0.4, -0.2) is 60.5 Å². The molecule has 1 aromatic heterocycles. The van der Waals surface area contributed by atoms with E-state index in [9.17, 15) is 9.59 Å². The highest BCUT2D eigenvalue weighted by molar-refractivity contribution is 7.17. The minimum absolute atomic E-state index is 0.0521. The summed E-state index contributed by atoms with van der Waals surface area (Å²) in [6.45, 7) is 10.9. The van der Waals surface area contributed by atoms with E-state index >= 15 is 0 Å². The fourth-order valence-corrected chi connectivity index (χ4v) is 6.19. The summed E-state index contributed by atoms with van der Waals surface area (Å²) in [6, 6.07) is 10.3. The number of esters is 1. The first-order valence-electron chi connectivity index (χ1n) is 12.1. The molecule has 33 heavy (non-hydrogen) atoms. The second kappa shape index (κ2) is 10.8.